The van der Waals surface area contributed by atoms with Crippen LogP contribution in [-0.2, 0) is 14.4 Å². The molecule has 1 aliphatic carbocycles. The van der Waals surface area contributed by atoms with Gasteiger partial charge in [0.05, 0.1) is 24.5 Å². The van der Waals surface area contributed by atoms with Crippen molar-refractivity contribution in [1.82, 2.24) is 5.06 Å². The molecular weight excluding hydrogens is 299 g/mol. The molecule has 1 heterocycles. The van der Waals surface area contributed by atoms with Crippen molar-refractivity contribution in [1.29, 1.82) is 0 Å². The first-order valence-corrected chi connectivity index (χ1v) is 8.05. The molecule has 4 nitrogen and oxygen atoms in total. The van der Waals surface area contributed by atoms with Crippen LogP contribution in [0.2, 0.25) is 0 Å². The van der Waals surface area contributed by atoms with Crippen molar-refractivity contribution in [3.8, 4) is 0 Å². The molecule has 0 radical (unpaired) electrons. The molecule has 2 rings (SSSR count). The first kappa shape index (κ1) is 17.5. The Morgan fingerprint density at radius 3 is 2.18 bits per heavy atom. The minimum atomic E-state index is -4.08. The first-order chi connectivity index (χ1) is 10.4. The van der Waals surface area contributed by atoms with Gasteiger partial charge in [0.25, 0.3) is 0 Å². The zero-order chi connectivity index (χ0) is 16.2. The van der Waals surface area contributed by atoms with Crippen LogP contribution < -0.4 is 0 Å². The second-order valence-corrected chi connectivity index (χ2v) is 6.08. The number of hydrogen-bond donors (Lipinski definition) is 0. The largest absolute Gasteiger partial charge is 0.466 e. The summed E-state index contributed by atoms with van der Waals surface area (Å²) in [5.41, 5.74) is 0. The molecule has 128 valence electrons. The zero-order valence-electron chi connectivity index (χ0n) is 12.9. The second-order valence-electron chi connectivity index (χ2n) is 6.08. The van der Waals surface area contributed by atoms with Crippen molar-refractivity contribution in [2.75, 3.05) is 19.7 Å². The van der Waals surface area contributed by atoms with Gasteiger partial charge in [0, 0.05) is 13.1 Å². The molecule has 1 saturated heterocycles. The number of hydrogen-bond acceptors (Lipinski definition) is 4. The van der Waals surface area contributed by atoms with E-state index >= 15 is 0 Å². The van der Waals surface area contributed by atoms with Crippen LogP contribution in [0.5, 0.6) is 0 Å². The van der Waals surface area contributed by atoms with Crippen molar-refractivity contribution in [3.63, 3.8) is 0 Å². The van der Waals surface area contributed by atoms with Gasteiger partial charge in [-0.1, -0.05) is 0 Å². The van der Waals surface area contributed by atoms with Crippen molar-refractivity contribution in [2.24, 2.45) is 11.8 Å². The van der Waals surface area contributed by atoms with Crippen LogP contribution in [0.25, 0.3) is 0 Å². The van der Waals surface area contributed by atoms with E-state index in [1.165, 1.54) is 0 Å². The topological polar surface area (TPSA) is 38.8 Å². The fraction of sp³-hybridized carbons (Fsp3) is 0.933. The molecule has 0 aromatic rings. The van der Waals surface area contributed by atoms with E-state index in [9.17, 15) is 18.0 Å². The molecule has 0 unspecified atom stereocenters. The van der Waals surface area contributed by atoms with Crippen LogP contribution in [0.3, 0.4) is 0 Å². The Balaban J connectivity index is 1.68. The monoisotopic (exact) mass is 323 g/mol. The molecule has 7 heteroatoms. The maximum absolute atomic E-state index is 12.6. The SMILES string of the molecule is CCOC(=O)C1CCN(OC2CCC(C(F)(F)F)CC2)CC1. The minimum absolute atomic E-state index is 0.0826. The Labute approximate surface area is 128 Å². The number of carbonyl (C=O) groups excluding carboxylic acids is 1. The van der Waals surface area contributed by atoms with Crippen molar-refractivity contribution < 1.29 is 27.5 Å². The summed E-state index contributed by atoms with van der Waals surface area (Å²) in [5.74, 6) is -1.42. The summed E-state index contributed by atoms with van der Waals surface area (Å²) >= 11 is 0. The summed E-state index contributed by atoms with van der Waals surface area (Å²) in [6.07, 6.45) is -1.67. The Hall–Kier alpha value is -0.820. The van der Waals surface area contributed by atoms with E-state index in [0.29, 0.717) is 45.4 Å². The van der Waals surface area contributed by atoms with Gasteiger partial charge >= 0.3 is 12.1 Å². The lowest BCUT2D eigenvalue weighted by molar-refractivity contribution is -0.233. The van der Waals surface area contributed by atoms with E-state index in [1.807, 2.05) is 0 Å². The van der Waals surface area contributed by atoms with Gasteiger partial charge in [-0.2, -0.15) is 18.2 Å². The Bertz CT molecular complexity index is 360. The van der Waals surface area contributed by atoms with Crippen LogP contribution in [0, 0.1) is 11.8 Å². The summed E-state index contributed by atoms with van der Waals surface area (Å²) in [7, 11) is 0. The number of esters is 1. The van der Waals surface area contributed by atoms with E-state index in [1.54, 1.807) is 12.0 Å². The highest BCUT2D eigenvalue weighted by molar-refractivity contribution is 5.72. The van der Waals surface area contributed by atoms with E-state index in [4.69, 9.17) is 9.57 Å². The van der Waals surface area contributed by atoms with Gasteiger partial charge in [0.1, 0.15) is 0 Å². The number of halogens is 3. The standard InChI is InChI=1S/C15H24F3NO3/c1-2-21-14(20)11-7-9-19(10-8-11)22-13-5-3-12(4-6-13)15(16,17)18/h11-13H,2-10H2,1H3. The highest BCUT2D eigenvalue weighted by atomic mass is 19.4. The van der Waals surface area contributed by atoms with E-state index in [0.717, 1.165) is 0 Å². The smallest absolute Gasteiger partial charge is 0.391 e. The number of piperidine rings is 1. The van der Waals surface area contributed by atoms with Crippen molar-refractivity contribution >= 4 is 5.97 Å². The Morgan fingerprint density at radius 1 is 1.09 bits per heavy atom. The normalized spacial score (nSPS) is 28.5. The van der Waals surface area contributed by atoms with Gasteiger partial charge in [0.15, 0.2) is 0 Å². The van der Waals surface area contributed by atoms with Gasteiger partial charge in [-0.15, -0.1) is 0 Å². The highest BCUT2D eigenvalue weighted by Crippen LogP contribution is 2.38. The summed E-state index contributed by atoms with van der Waals surface area (Å²) in [5, 5.41) is 1.80. The Morgan fingerprint density at radius 2 is 1.68 bits per heavy atom. The average Bonchev–Trinajstić information content (AvgIpc) is 2.48. The lowest BCUT2D eigenvalue weighted by Gasteiger charge is -2.36. The van der Waals surface area contributed by atoms with E-state index in [2.05, 4.69) is 0 Å². The molecule has 0 bridgehead atoms. The number of hydroxylamine groups is 2. The molecule has 2 aliphatic rings. The molecule has 0 N–H and O–H groups in total. The Kier molecular flexibility index (Phi) is 6.09. The molecule has 1 saturated carbocycles. The maximum Gasteiger partial charge on any atom is 0.391 e. The third-order valence-corrected chi connectivity index (χ3v) is 4.51. The van der Waals surface area contributed by atoms with Gasteiger partial charge in [-0.3, -0.25) is 9.63 Å². The molecule has 0 spiro atoms. The third-order valence-electron chi connectivity index (χ3n) is 4.51. The van der Waals surface area contributed by atoms with Crippen LogP contribution >= 0.6 is 0 Å². The van der Waals surface area contributed by atoms with Gasteiger partial charge in [-0.05, 0) is 45.4 Å². The molecular formula is C15H24F3NO3. The molecule has 0 amide bonds. The lowest BCUT2D eigenvalue weighted by atomic mass is 9.87. The fourth-order valence-electron chi connectivity index (χ4n) is 3.16. The number of nitrogens with zero attached hydrogens (tertiary/aromatic N) is 1. The minimum Gasteiger partial charge on any atom is -0.466 e. The van der Waals surface area contributed by atoms with Crippen molar-refractivity contribution in [2.45, 2.75) is 57.7 Å². The molecule has 0 aromatic carbocycles. The lowest BCUT2D eigenvalue weighted by Crippen LogP contribution is -2.41. The fourth-order valence-corrected chi connectivity index (χ4v) is 3.16. The highest BCUT2D eigenvalue weighted by Gasteiger charge is 2.42. The zero-order valence-corrected chi connectivity index (χ0v) is 12.9. The second kappa shape index (κ2) is 7.64. The van der Waals surface area contributed by atoms with Gasteiger partial charge in [-0.25, -0.2) is 0 Å². The molecule has 0 aromatic heterocycles. The first-order valence-electron chi connectivity index (χ1n) is 8.05. The van der Waals surface area contributed by atoms with Crippen LogP contribution in [0.4, 0.5) is 13.2 Å². The quantitative estimate of drug-likeness (QED) is 0.744. The maximum atomic E-state index is 12.6. The molecule has 22 heavy (non-hydrogen) atoms. The summed E-state index contributed by atoms with van der Waals surface area (Å²) in [4.78, 5) is 17.4. The van der Waals surface area contributed by atoms with Gasteiger partial charge in [0.2, 0.25) is 0 Å². The van der Waals surface area contributed by atoms with Crippen LogP contribution in [0.15, 0.2) is 0 Å². The number of rotatable bonds is 4. The predicted molar refractivity (Wildman–Crippen MR) is 73.8 cm³/mol. The summed E-state index contributed by atoms with van der Waals surface area (Å²) < 4.78 is 42.8. The number of carbonyl (C=O) groups is 1. The summed E-state index contributed by atoms with van der Waals surface area (Å²) in [6, 6.07) is 0. The van der Waals surface area contributed by atoms with E-state index < -0.39 is 12.1 Å². The van der Waals surface area contributed by atoms with Crippen LogP contribution in [0.1, 0.15) is 45.4 Å². The molecule has 1 aliphatic heterocycles. The number of alkyl halides is 3. The van der Waals surface area contributed by atoms with Gasteiger partial charge < -0.3 is 4.74 Å². The molecule has 0 atom stereocenters. The average molecular weight is 323 g/mol. The third kappa shape index (κ3) is 4.84. The van der Waals surface area contributed by atoms with E-state index in [-0.39, 0.29) is 30.8 Å². The molecule has 2 fully saturated rings. The summed E-state index contributed by atoms with van der Waals surface area (Å²) in [6.45, 7) is 3.43. The van der Waals surface area contributed by atoms with Crippen LogP contribution in [-0.4, -0.2) is 43.0 Å². The number of ether oxygens (including phenoxy) is 1. The predicted octanol–water partition coefficient (Wildman–Crippen LogP) is 3.31. The van der Waals surface area contributed by atoms with Crippen molar-refractivity contribution in [3.05, 3.63) is 0 Å².